The molecule has 1 aromatic rings. The van der Waals surface area contributed by atoms with Crippen LogP contribution in [-0.2, 0) is 5.60 Å². The molecule has 1 aromatic carbocycles. The molecule has 0 heterocycles. The first-order chi connectivity index (χ1) is 7.53. The summed E-state index contributed by atoms with van der Waals surface area (Å²) in [5, 5.41) is 13.2. The van der Waals surface area contributed by atoms with Gasteiger partial charge in [0.15, 0.2) is 11.6 Å². The van der Waals surface area contributed by atoms with Crippen LogP contribution in [0.4, 0.5) is 4.39 Å². The van der Waals surface area contributed by atoms with Crippen molar-refractivity contribution in [1.29, 1.82) is 0 Å². The SMILES string of the molecule is CCNCC(C)(O)c1cccc(OC)c1F. The van der Waals surface area contributed by atoms with Crippen LogP contribution in [-0.4, -0.2) is 25.3 Å². The van der Waals surface area contributed by atoms with Crippen molar-refractivity contribution in [2.75, 3.05) is 20.2 Å². The van der Waals surface area contributed by atoms with Crippen molar-refractivity contribution >= 4 is 0 Å². The molecule has 0 fully saturated rings. The maximum Gasteiger partial charge on any atom is 0.171 e. The van der Waals surface area contributed by atoms with Gasteiger partial charge in [-0.25, -0.2) is 4.39 Å². The molecule has 0 saturated carbocycles. The number of aliphatic hydroxyl groups is 1. The molecule has 0 amide bonds. The van der Waals surface area contributed by atoms with Gasteiger partial charge >= 0.3 is 0 Å². The van der Waals surface area contributed by atoms with Gasteiger partial charge in [0.2, 0.25) is 0 Å². The molecule has 2 N–H and O–H groups in total. The lowest BCUT2D eigenvalue weighted by Gasteiger charge is -2.25. The van der Waals surface area contributed by atoms with Crippen LogP contribution in [0.2, 0.25) is 0 Å². The van der Waals surface area contributed by atoms with Gasteiger partial charge in [-0.05, 0) is 19.5 Å². The second-order valence-electron chi connectivity index (χ2n) is 3.88. The fourth-order valence-corrected chi connectivity index (χ4v) is 1.55. The molecule has 1 rings (SSSR count). The number of nitrogens with one attached hydrogen (secondary N) is 1. The molecule has 3 nitrogen and oxygen atoms in total. The van der Waals surface area contributed by atoms with Crippen LogP contribution in [0.3, 0.4) is 0 Å². The summed E-state index contributed by atoms with van der Waals surface area (Å²) in [4.78, 5) is 0. The minimum Gasteiger partial charge on any atom is -0.494 e. The summed E-state index contributed by atoms with van der Waals surface area (Å²) < 4.78 is 18.8. The van der Waals surface area contributed by atoms with Crippen molar-refractivity contribution in [2.45, 2.75) is 19.4 Å². The molecule has 16 heavy (non-hydrogen) atoms. The van der Waals surface area contributed by atoms with Gasteiger partial charge < -0.3 is 15.2 Å². The lowest BCUT2D eigenvalue weighted by molar-refractivity contribution is 0.0533. The van der Waals surface area contributed by atoms with Gasteiger partial charge in [0.25, 0.3) is 0 Å². The van der Waals surface area contributed by atoms with E-state index in [1.54, 1.807) is 19.1 Å². The first-order valence-corrected chi connectivity index (χ1v) is 5.29. The molecule has 0 aliphatic heterocycles. The molecule has 1 atom stereocenters. The van der Waals surface area contributed by atoms with E-state index in [2.05, 4.69) is 5.32 Å². The number of rotatable bonds is 5. The third kappa shape index (κ3) is 2.71. The molecule has 0 spiro atoms. The predicted octanol–water partition coefficient (Wildman–Crippen LogP) is 1.65. The van der Waals surface area contributed by atoms with E-state index in [0.29, 0.717) is 6.54 Å². The Morgan fingerprint density at radius 1 is 1.50 bits per heavy atom. The van der Waals surface area contributed by atoms with E-state index in [4.69, 9.17) is 4.74 Å². The highest BCUT2D eigenvalue weighted by Crippen LogP contribution is 2.28. The fourth-order valence-electron chi connectivity index (χ4n) is 1.55. The zero-order valence-electron chi connectivity index (χ0n) is 9.88. The number of methoxy groups -OCH3 is 1. The summed E-state index contributed by atoms with van der Waals surface area (Å²) in [6.45, 7) is 4.53. The Labute approximate surface area is 95.2 Å². The topological polar surface area (TPSA) is 41.5 Å². The number of hydrogen-bond donors (Lipinski definition) is 2. The van der Waals surface area contributed by atoms with Gasteiger partial charge in [0.1, 0.15) is 5.60 Å². The van der Waals surface area contributed by atoms with Gasteiger partial charge in [-0.3, -0.25) is 0 Å². The molecular weight excluding hydrogens is 209 g/mol. The Balaban J connectivity index is 3.02. The molecule has 1 unspecified atom stereocenters. The van der Waals surface area contributed by atoms with Crippen LogP contribution in [0.25, 0.3) is 0 Å². The number of hydrogen-bond acceptors (Lipinski definition) is 3. The lowest BCUT2D eigenvalue weighted by atomic mass is 9.95. The molecular formula is C12H18FNO2. The van der Waals surface area contributed by atoms with Crippen molar-refractivity contribution in [3.8, 4) is 5.75 Å². The van der Waals surface area contributed by atoms with Crippen molar-refractivity contribution in [2.24, 2.45) is 0 Å². The molecule has 0 aromatic heterocycles. The quantitative estimate of drug-likeness (QED) is 0.803. The van der Waals surface area contributed by atoms with E-state index in [1.807, 2.05) is 6.92 Å². The maximum atomic E-state index is 13.9. The summed E-state index contributed by atoms with van der Waals surface area (Å²) in [6, 6.07) is 4.76. The summed E-state index contributed by atoms with van der Waals surface area (Å²) in [5.41, 5.74) is -0.998. The Morgan fingerprint density at radius 3 is 2.75 bits per heavy atom. The van der Waals surface area contributed by atoms with E-state index in [9.17, 15) is 9.50 Å². The summed E-state index contributed by atoms with van der Waals surface area (Å²) in [5.74, 6) is -0.359. The third-order valence-corrected chi connectivity index (χ3v) is 2.48. The number of halogens is 1. The van der Waals surface area contributed by atoms with Gasteiger partial charge in [-0.1, -0.05) is 19.1 Å². The first kappa shape index (κ1) is 12.9. The standard InChI is InChI=1S/C12H18FNO2/c1-4-14-8-12(2,15)9-6-5-7-10(16-3)11(9)13/h5-7,14-15H,4,8H2,1-3H3. The Kier molecular flexibility index (Phi) is 4.26. The number of likely N-dealkylation sites (N-methyl/N-ethyl adjacent to an activating group) is 1. The van der Waals surface area contributed by atoms with Crippen LogP contribution >= 0.6 is 0 Å². The van der Waals surface area contributed by atoms with Gasteiger partial charge in [0.05, 0.1) is 7.11 Å². The Bertz CT molecular complexity index is 353. The second-order valence-corrected chi connectivity index (χ2v) is 3.88. The minimum atomic E-state index is -1.24. The average molecular weight is 227 g/mol. The Morgan fingerprint density at radius 2 is 2.19 bits per heavy atom. The molecule has 0 bridgehead atoms. The number of benzene rings is 1. The summed E-state index contributed by atoms with van der Waals surface area (Å²) in [6.07, 6.45) is 0. The summed E-state index contributed by atoms with van der Waals surface area (Å²) in [7, 11) is 1.40. The van der Waals surface area contributed by atoms with Crippen LogP contribution in [0.1, 0.15) is 19.4 Å². The third-order valence-electron chi connectivity index (χ3n) is 2.48. The highest BCUT2D eigenvalue weighted by molar-refractivity contribution is 5.34. The first-order valence-electron chi connectivity index (χ1n) is 5.29. The highest BCUT2D eigenvalue weighted by Gasteiger charge is 2.27. The van der Waals surface area contributed by atoms with Crippen LogP contribution in [0, 0.1) is 5.82 Å². The van der Waals surface area contributed by atoms with E-state index >= 15 is 0 Å². The monoisotopic (exact) mass is 227 g/mol. The van der Waals surface area contributed by atoms with Crippen molar-refractivity contribution in [3.05, 3.63) is 29.6 Å². The van der Waals surface area contributed by atoms with Crippen LogP contribution < -0.4 is 10.1 Å². The Hall–Kier alpha value is -1.13. The average Bonchev–Trinajstić information content (AvgIpc) is 2.26. The lowest BCUT2D eigenvalue weighted by Crippen LogP contribution is -2.36. The second kappa shape index (κ2) is 5.27. The van der Waals surface area contributed by atoms with E-state index in [-0.39, 0.29) is 11.3 Å². The number of ether oxygens (including phenoxy) is 1. The highest BCUT2D eigenvalue weighted by atomic mass is 19.1. The minimum absolute atomic E-state index is 0.147. The van der Waals surface area contributed by atoms with E-state index < -0.39 is 11.4 Å². The molecule has 90 valence electrons. The van der Waals surface area contributed by atoms with E-state index in [1.165, 1.54) is 13.2 Å². The van der Waals surface area contributed by atoms with Crippen molar-refractivity contribution in [3.63, 3.8) is 0 Å². The fraction of sp³-hybridized carbons (Fsp3) is 0.500. The van der Waals surface area contributed by atoms with E-state index in [0.717, 1.165) is 6.54 Å². The zero-order chi connectivity index (χ0) is 12.2. The molecule has 0 aliphatic rings. The van der Waals surface area contributed by atoms with Gasteiger partial charge in [-0.15, -0.1) is 0 Å². The molecule has 4 heteroatoms. The van der Waals surface area contributed by atoms with Crippen molar-refractivity contribution in [1.82, 2.24) is 5.32 Å². The molecule has 0 aliphatic carbocycles. The summed E-state index contributed by atoms with van der Waals surface area (Å²) >= 11 is 0. The normalized spacial score (nSPS) is 14.6. The zero-order valence-corrected chi connectivity index (χ0v) is 9.88. The van der Waals surface area contributed by atoms with Crippen molar-refractivity contribution < 1.29 is 14.2 Å². The predicted molar refractivity (Wildman–Crippen MR) is 61.1 cm³/mol. The molecule has 0 saturated heterocycles. The van der Waals surface area contributed by atoms with Gasteiger partial charge in [-0.2, -0.15) is 0 Å². The maximum absolute atomic E-state index is 13.9. The smallest absolute Gasteiger partial charge is 0.171 e. The molecule has 0 radical (unpaired) electrons. The van der Waals surface area contributed by atoms with Crippen LogP contribution in [0.5, 0.6) is 5.75 Å². The largest absolute Gasteiger partial charge is 0.494 e. The van der Waals surface area contributed by atoms with Crippen LogP contribution in [0.15, 0.2) is 18.2 Å². The van der Waals surface area contributed by atoms with Gasteiger partial charge in [0, 0.05) is 12.1 Å².